The summed E-state index contributed by atoms with van der Waals surface area (Å²) in [4.78, 5) is 55.9. The van der Waals surface area contributed by atoms with Gasteiger partial charge in [0.25, 0.3) is 5.91 Å². The largest absolute Gasteiger partial charge is 0.465 e. The average Bonchev–Trinajstić information content (AvgIpc) is 3.89. The van der Waals surface area contributed by atoms with Crippen molar-refractivity contribution in [3.63, 3.8) is 0 Å². The van der Waals surface area contributed by atoms with Crippen LogP contribution < -0.4 is 21.1 Å². The number of nitrogens with zero attached hydrogens (tertiary/aromatic N) is 2. The highest BCUT2D eigenvalue weighted by Gasteiger charge is 2.62. The molecule has 0 radical (unpaired) electrons. The number of hydrogen-bond acceptors (Lipinski definition) is 8. The van der Waals surface area contributed by atoms with E-state index in [2.05, 4.69) is 15.4 Å². The molecule has 3 amide bonds. The minimum atomic E-state index is -3.85. The summed E-state index contributed by atoms with van der Waals surface area (Å²) in [5.41, 5.74) is 4.51. The van der Waals surface area contributed by atoms with Crippen LogP contribution in [0.1, 0.15) is 64.2 Å². The number of allylic oxidation sites excluding steroid dienone is 1. The maximum absolute atomic E-state index is 15.4. The lowest BCUT2D eigenvalue weighted by atomic mass is 9.85. The summed E-state index contributed by atoms with van der Waals surface area (Å²) in [7, 11) is -3.85. The van der Waals surface area contributed by atoms with Crippen LogP contribution in [0.25, 0.3) is 0 Å². The normalized spacial score (nSPS) is 34.1. The third kappa shape index (κ3) is 6.68. The summed E-state index contributed by atoms with van der Waals surface area (Å²) in [5.74, 6) is -3.94. The highest BCUT2D eigenvalue weighted by atomic mass is 32.2. The lowest BCUT2D eigenvalue weighted by Gasteiger charge is -2.29. The number of nitrogens with one attached hydrogen (secondary N) is 3. The fraction of sp³-hybridized carbons (Fsp3) is 0.645. The van der Waals surface area contributed by atoms with Gasteiger partial charge >= 0.3 is 6.09 Å². The second-order valence-corrected chi connectivity index (χ2v) is 16.0. The number of likely N-dealkylation sites (tertiary alicyclic amines) is 1. The number of thiocarbonyl (C=S) groups is 1. The molecule has 0 spiro atoms. The molecule has 0 aromatic rings. The predicted molar refractivity (Wildman–Crippen MR) is 173 cm³/mol. The first-order valence-corrected chi connectivity index (χ1v) is 18.3. The van der Waals surface area contributed by atoms with E-state index in [0.29, 0.717) is 31.5 Å². The van der Waals surface area contributed by atoms with Crippen LogP contribution in [0.3, 0.4) is 0 Å². The Labute approximate surface area is 278 Å². The van der Waals surface area contributed by atoms with Crippen molar-refractivity contribution in [3.05, 3.63) is 35.2 Å². The van der Waals surface area contributed by atoms with E-state index in [1.807, 2.05) is 17.1 Å². The van der Waals surface area contributed by atoms with Gasteiger partial charge in [0.1, 0.15) is 11.6 Å². The number of hydrogen-bond donors (Lipinski definition) is 5. The molecule has 256 valence electrons. The van der Waals surface area contributed by atoms with Gasteiger partial charge in [-0.05, 0) is 81.3 Å². The van der Waals surface area contributed by atoms with Crippen LogP contribution in [0.2, 0.25) is 0 Å². The second kappa shape index (κ2) is 12.9. The zero-order chi connectivity index (χ0) is 33.7. The van der Waals surface area contributed by atoms with Crippen LogP contribution in [0, 0.1) is 11.8 Å². The Hall–Kier alpha value is -3.37. The molecule has 0 aromatic carbocycles. The molecule has 47 heavy (non-hydrogen) atoms. The maximum Gasteiger partial charge on any atom is 0.408 e. The second-order valence-electron chi connectivity index (χ2n) is 13.6. The van der Waals surface area contributed by atoms with Crippen molar-refractivity contribution < 1.29 is 37.1 Å². The number of halogens is 1. The fourth-order valence-corrected chi connectivity index (χ4v) is 9.11. The van der Waals surface area contributed by atoms with E-state index < -0.39 is 74.4 Å². The van der Waals surface area contributed by atoms with E-state index in [1.54, 1.807) is 0 Å². The SMILES string of the molecule is NC(=S)N[C@H]1C=C2C(=C(F)C1=O)CN(C(=O)O)C2[C@@H]1C[C@H]2C(=O)N[C@]3(C(=O)NS(=O)(=O)C4CC4)C[C@H]3/C=C\CCCCCCCN2C1. The lowest BCUT2D eigenvalue weighted by molar-refractivity contribution is -0.131. The first-order chi connectivity index (χ1) is 22.3. The first kappa shape index (κ1) is 33.5. The molecule has 2 saturated heterocycles. The number of carbonyl (C=O) groups is 4. The van der Waals surface area contributed by atoms with E-state index in [4.69, 9.17) is 18.0 Å². The van der Waals surface area contributed by atoms with Crippen molar-refractivity contribution in [2.75, 3.05) is 19.6 Å². The van der Waals surface area contributed by atoms with E-state index in [-0.39, 0.29) is 36.0 Å². The van der Waals surface area contributed by atoms with Gasteiger partial charge in [0.15, 0.2) is 10.9 Å². The number of amides is 3. The average molecular weight is 693 g/mol. The summed E-state index contributed by atoms with van der Waals surface area (Å²) in [6.45, 7) is 0.549. The lowest BCUT2D eigenvalue weighted by Crippen LogP contribution is -2.56. The maximum atomic E-state index is 15.4. The zero-order valence-corrected chi connectivity index (χ0v) is 27.6. The number of ketones is 1. The van der Waals surface area contributed by atoms with E-state index in [9.17, 15) is 32.7 Å². The number of carbonyl (C=O) groups excluding carboxylic acids is 3. The van der Waals surface area contributed by atoms with Crippen molar-refractivity contribution >= 4 is 51.0 Å². The number of nitrogens with two attached hydrogens (primary N) is 1. The third-order valence-corrected chi connectivity index (χ3v) is 12.3. The van der Waals surface area contributed by atoms with Gasteiger partial charge in [0.05, 0.1) is 23.9 Å². The summed E-state index contributed by atoms with van der Waals surface area (Å²) < 4.78 is 43.0. The molecule has 3 aliphatic carbocycles. The summed E-state index contributed by atoms with van der Waals surface area (Å²) in [5, 5.41) is 14.9. The summed E-state index contributed by atoms with van der Waals surface area (Å²) in [6, 6.07) is -2.78. The topological polar surface area (TPSA) is 191 Å². The van der Waals surface area contributed by atoms with Crippen LogP contribution in [-0.2, 0) is 24.4 Å². The monoisotopic (exact) mass is 692 g/mol. The molecule has 6 N–H and O–H groups in total. The molecular formula is C31H41FN6O7S2. The Morgan fingerprint density at radius 1 is 1.15 bits per heavy atom. The smallest absolute Gasteiger partial charge is 0.408 e. The molecular weight excluding hydrogens is 652 g/mol. The minimum absolute atomic E-state index is 0.00240. The van der Waals surface area contributed by atoms with Gasteiger partial charge in [-0.3, -0.25) is 28.9 Å². The first-order valence-electron chi connectivity index (χ1n) is 16.3. The van der Waals surface area contributed by atoms with E-state index in [0.717, 1.165) is 43.4 Å². The Kier molecular flexibility index (Phi) is 9.21. The molecule has 3 heterocycles. The number of carboxylic acid groups (broad SMARTS) is 1. The number of sulfonamides is 1. The molecule has 6 rings (SSSR count). The van der Waals surface area contributed by atoms with Crippen LogP contribution in [0.5, 0.6) is 0 Å². The molecule has 16 heteroatoms. The highest BCUT2D eigenvalue weighted by Crippen LogP contribution is 2.47. The summed E-state index contributed by atoms with van der Waals surface area (Å²) in [6.07, 6.45) is 11.1. The van der Waals surface area contributed by atoms with Gasteiger partial charge in [-0.1, -0.05) is 31.4 Å². The minimum Gasteiger partial charge on any atom is -0.465 e. The predicted octanol–water partition coefficient (Wildman–Crippen LogP) is 1.37. The molecule has 6 atom stereocenters. The molecule has 4 fully saturated rings. The Balaban J connectivity index is 1.29. The summed E-state index contributed by atoms with van der Waals surface area (Å²) >= 11 is 4.87. The Morgan fingerprint density at radius 3 is 2.57 bits per heavy atom. The molecule has 0 aromatic heterocycles. The van der Waals surface area contributed by atoms with Crippen molar-refractivity contribution in [1.29, 1.82) is 0 Å². The van der Waals surface area contributed by atoms with Gasteiger partial charge in [0.2, 0.25) is 21.7 Å². The van der Waals surface area contributed by atoms with Gasteiger partial charge in [-0.15, -0.1) is 0 Å². The molecule has 0 bridgehead atoms. The Bertz CT molecular complexity index is 1580. The van der Waals surface area contributed by atoms with Crippen LogP contribution in [0.4, 0.5) is 9.18 Å². The molecule has 1 unspecified atom stereocenters. The van der Waals surface area contributed by atoms with Gasteiger partial charge in [0, 0.05) is 18.0 Å². The third-order valence-electron chi connectivity index (χ3n) is 10.3. The number of Topliss-reactive ketones (excluding diaryl/α,β-unsaturated/α-hetero) is 1. The molecule has 6 aliphatic rings. The number of rotatable bonds is 5. The van der Waals surface area contributed by atoms with Gasteiger partial charge < -0.3 is 21.5 Å². The van der Waals surface area contributed by atoms with E-state index >= 15 is 4.39 Å². The van der Waals surface area contributed by atoms with Crippen molar-refractivity contribution in [1.82, 2.24) is 25.2 Å². The molecule has 3 aliphatic heterocycles. The van der Waals surface area contributed by atoms with Gasteiger partial charge in [-0.25, -0.2) is 17.6 Å². The van der Waals surface area contributed by atoms with E-state index in [1.165, 1.54) is 6.08 Å². The van der Waals surface area contributed by atoms with Crippen molar-refractivity contribution in [2.45, 2.75) is 93.1 Å². The van der Waals surface area contributed by atoms with Crippen molar-refractivity contribution in [2.24, 2.45) is 17.6 Å². The van der Waals surface area contributed by atoms with Crippen LogP contribution >= 0.6 is 12.2 Å². The van der Waals surface area contributed by atoms with Gasteiger partial charge in [-0.2, -0.15) is 0 Å². The quantitative estimate of drug-likeness (QED) is 0.207. The standard InChI is InChI=1S/C31H41FN6O7S2/c32-24-21-16-38(30(42)43)25(20(21)13-22(26(24)39)34-29(33)46)17-12-23-27(40)35-31(28(41)36-47(44,45)19-9-10-19)14-18(31)8-6-4-2-1-3-5-7-11-37(23)15-17/h6,8,13,17-19,22-23,25H,1-5,7,9-12,14-16H2,(H,35,40)(H,36,41)(H,42,43)(H3,33,34,46)/b8-6-/t17-,18-,22+,23+,25?,31-/m1/s1. The highest BCUT2D eigenvalue weighted by molar-refractivity contribution is 7.91. The molecule has 13 nitrogen and oxygen atoms in total. The zero-order valence-electron chi connectivity index (χ0n) is 26.0. The van der Waals surface area contributed by atoms with Crippen LogP contribution in [0.15, 0.2) is 35.2 Å². The fourth-order valence-electron chi connectivity index (χ4n) is 7.62. The van der Waals surface area contributed by atoms with Crippen LogP contribution in [-0.4, -0.2) is 101 Å². The van der Waals surface area contributed by atoms with Crippen molar-refractivity contribution in [3.8, 4) is 0 Å². The number of fused-ring (bicyclic) bond motifs is 3. The Morgan fingerprint density at radius 2 is 1.87 bits per heavy atom. The molecule has 2 saturated carbocycles.